The molecule has 0 radical (unpaired) electrons. The molecule has 1 N–H and O–H groups in total. The van der Waals surface area contributed by atoms with Crippen LogP contribution in [0.15, 0.2) is 18.5 Å². The van der Waals surface area contributed by atoms with Crippen LogP contribution in [-0.4, -0.2) is 71.7 Å². The van der Waals surface area contributed by atoms with Gasteiger partial charge < -0.3 is 14.8 Å². The molecule has 0 aliphatic carbocycles. The van der Waals surface area contributed by atoms with E-state index in [1.54, 1.807) is 6.20 Å². The van der Waals surface area contributed by atoms with Gasteiger partial charge in [0.25, 0.3) is 0 Å². The minimum atomic E-state index is -0.152. The van der Waals surface area contributed by atoms with Gasteiger partial charge in [-0.2, -0.15) is 5.10 Å². The second-order valence-corrected chi connectivity index (χ2v) is 6.27. The summed E-state index contributed by atoms with van der Waals surface area (Å²) >= 11 is 0. The van der Waals surface area contributed by atoms with Gasteiger partial charge in [0.2, 0.25) is 5.91 Å². The summed E-state index contributed by atoms with van der Waals surface area (Å²) in [5.41, 5.74) is 0. The number of carbonyl (C=O) groups is 1. The Labute approximate surface area is 136 Å². The molecular formula is C16H26N4O3. The van der Waals surface area contributed by atoms with Crippen LogP contribution >= 0.6 is 0 Å². The van der Waals surface area contributed by atoms with Gasteiger partial charge in [-0.1, -0.05) is 0 Å². The Balaban J connectivity index is 1.45. The zero-order chi connectivity index (χ0) is 16.1. The molecule has 1 aromatic heterocycles. The van der Waals surface area contributed by atoms with E-state index in [9.17, 15) is 4.79 Å². The van der Waals surface area contributed by atoms with E-state index in [1.807, 2.05) is 23.9 Å². The molecule has 7 heteroatoms. The van der Waals surface area contributed by atoms with Crippen molar-refractivity contribution in [3.8, 4) is 0 Å². The third-order valence-electron chi connectivity index (χ3n) is 4.58. The maximum Gasteiger partial charge on any atom is 0.237 e. The Bertz CT molecular complexity index is 488. The van der Waals surface area contributed by atoms with E-state index >= 15 is 0 Å². The summed E-state index contributed by atoms with van der Waals surface area (Å²) < 4.78 is 13.2. The largest absolute Gasteiger partial charge is 0.376 e. The number of ether oxygens (including phenoxy) is 2. The van der Waals surface area contributed by atoms with Gasteiger partial charge >= 0.3 is 0 Å². The molecule has 2 saturated heterocycles. The highest BCUT2D eigenvalue weighted by atomic mass is 16.5. The average Bonchev–Trinajstić information content (AvgIpc) is 3.25. The van der Waals surface area contributed by atoms with E-state index < -0.39 is 0 Å². The van der Waals surface area contributed by atoms with Gasteiger partial charge in [0.1, 0.15) is 0 Å². The molecule has 0 saturated carbocycles. The summed E-state index contributed by atoms with van der Waals surface area (Å²) in [6.45, 7) is 6.28. The monoisotopic (exact) mass is 322 g/mol. The number of morpholine rings is 1. The molecule has 7 nitrogen and oxygen atoms in total. The van der Waals surface area contributed by atoms with Crippen molar-refractivity contribution in [1.82, 2.24) is 20.0 Å². The van der Waals surface area contributed by atoms with Crippen LogP contribution in [0.1, 0.15) is 19.8 Å². The van der Waals surface area contributed by atoms with Gasteiger partial charge in [0, 0.05) is 38.6 Å². The van der Waals surface area contributed by atoms with Crippen LogP contribution in [0.25, 0.3) is 0 Å². The van der Waals surface area contributed by atoms with Gasteiger partial charge in [-0.05, 0) is 25.8 Å². The van der Waals surface area contributed by atoms with Crippen molar-refractivity contribution in [2.75, 3.05) is 32.8 Å². The number of hydrogen-bond acceptors (Lipinski definition) is 5. The summed E-state index contributed by atoms with van der Waals surface area (Å²) in [4.78, 5) is 14.5. The van der Waals surface area contributed by atoms with Crippen molar-refractivity contribution in [2.24, 2.45) is 0 Å². The quantitative estimate of drug-likeness (QED) is 0.814. The van der Waals surface area contributed by atoms with Crippen molar-refractivity contribution >= 4 is 5.91 Å². The predicted octanol–water partition coefficient (Wildman–Crippen LogP) is 0.268. The molecule has 1 amide bonds. The van der Waals surface area contributed by atoms with Crippen molar-refractivity contribution < 1.29 is 14.3 Å². The van der Waals surface area contributed by atoms with E-state index in [2.05, 4.69) is 15.3 Å². The lowest BCUT2D eigenvalue weighted by atomic mass is 10.2. The van der Waals surface area contributed by atoms with Crippen LogP contribution in [-0.2, 0) is 20.8 Å². The molecule has 0 bridgehead atoms. The Kier molecular flexibility index (Phi) is 5.64. The Hall–Kier alpha value is -1.44. The van der Waals surface area contributed by atoms with Crippen molar-refractivity contribution in [3.63, 3.8) is 0 Å². The lowest BCUT2D eigenvalue weighted by molar-refractivity contribution is -0.130. The summed E-state index contributed by atoms with van der Waals surface area (Å²) in [5.74, 6) is 0.0697. The summed E-state index contributed by atoms with van der Waals surface area (Å²) in [6, 6.07) is 1.75. The van der Waals surface area contributed by atoms with Gasteiger partial charge in [0.05, 0.1) is 31.4 Å². The molecule has 0 spiro atoms. The molecule has 128 valence electrons. The van der Waals surface area contributed by atoms with Gasteiger partial charge in [-0.25, -0.2) is 0 Å². The van der Waals surface area contributed by atoms with Crippen LogP contribution < -0.4 is 5.32 Å². The maximum atomic E-state index is 12.4. The van der Waals surface area contributed by atoms with Crippen LogP contribution in [0, 0.1) is 0 Å². The molecular weight excluding hydrogens is 296 g/mol. The normalized spacial score (nSPS) is 27.0. The highest BCUT2D eigenvalue weighted by Gasteiger charge is 2.28. The molecule has 2 aliphatic rings. The number of amides is 1. The number of nitrogens with one attached hydrogen (secondary N) is 1. The Morgan fingerprint density at radius 3 is 3.00 bits per heavy atom. The van der Waals surface area contributed by atoms with E-state index in [4.69, 9.17) is 9.47 Å². The number of carbonyl (C=O) groups excluding carboxylic acids is 1. The summed E-state index contributed by atoms with van der Waals surface area (Å²) in [6.07, 6.45) is 6.08. The SMILES string of the molecule is C[C@H](C(=O)NC[C@H]1CCCO1)N1CCO[C@H](Cn2cccn2)C1. The van der Waals surface area contributed by atoms with Crippen molar-refractivity contribution in [3.05, 3.63) is 18.5 Å². The number of aromatic nitrogens is 2. The first-order valence-corrected chi connectivity index (χ1v) is 8.45. The number of hydrogen-bond donors (Lipinski definition) is 1. The molecule has 23 heavy (non-hydrogen) atoms. The van der Waals surface area contributed by atoms with E-state index in [0.717, 1.165) is 32.5 Å². The number of nitrogens with zero attached hydrogens (tertiary/aromatic N) is 3. The average molecular weight is 322 g/mol. The van der Waals surface area contributed by atoms with Gasteiger partial charge in [-0.3, -0.25) is 14.4 Å². The topological polar surface area (TPSA) is 68.6 Å². The van der Waals surface area contributed by atoms with Crippen LogP contribution in [0.4, 0.5) is 0 Å². The highest BCUT2D eigenvalue weighted by molar-refractivity contribution is 5.81. The zero-order valence-corrected chi connectivity index (χ0v) is 13.7. The smallest absolute Gasteiger partial charge is 0.237 e. The first-order chi connectivity index (χ1) is 11.2. The second-order valence-electron chi connectivity index (χ2n) is 6.27. The molecule has 2 fully saturated rings. The van der Waals surface area contributed by atoms with Crippen molar-refractivity contribution in [1.29, 1.82) is 0 Å². The highest BCUT2D eigenvalue weighted by Crippen LogP contribution is 2.13. The molecule has 3 atom stereocenters. The van der Waals surface area contributed by atoms with E-state index in [0.29, 0.717) is 19.7 Å². The number of rotatable bonds is 6. The lowest BCUT2D eigenvalue weighted by Gasteiger charge is -2.36. The predicted molar refractivity (Wildman–Crippen MR) is 85.0 cm³/mol. The fraction of sp³-hybridized carbons (Fsp3) is 0.750. The van der Waals surface area contributed by atoms with E-state index in [-0.39, 0.29) is 24.2 Å². The first-order valence-electron chi connectivity index (χ1n) is 8.45. The van der Waals surface area contributed by atoms with E-state index in [1.165, 1.54) is 0 Å². The Morgan fingerprint density at radius 1 is 1.39 bits per heavy atom. The minimum absolute atomic E-state index is 0.0667. The third-order valence-corrected chi connectivity index (χ3v) is 4.58. The van der Waals surface area contributed by atoms with Crippen LogP contribution in [0.2, 0.25) is 0 Å². The standard InChI is InChI=1S/C16H26N4O3/c1-13(16(21)17-10-14-4-2-8-22-14)19-7-9-23-15(11-19)12-20-6-3-5-18-20/h3,5-6,13-15H,2,4,7-12H2,1H3,(H,17,21)/t13-,14-,15+/m1/s1. The summed E-state index contributed by atoms with van der Waals surface area (Å²) in [7, 11) is 0. The van der Waals surface area contributed by atoms with Crippen molar-refractivity contribution in [2.45, 2.75) is 44.6 Å². The maximum absolute atomic E-state index is 12.4. The van der Waals surface area contributed by atoms with Gasteiger partial charge in [0.15, 0.2) is 0 Å². The minimum Gasteiger partial charge on any atom is -0.376 e. The molecule has 3 rings (SSSR count). The molecule has 0 aromatic carbocycles. The fourth-order valence-electron chi connectivity index (χ4n) is 3.15. The second kappa shape index (κ2) is 7.90. The first kappa shape index (κ1) is 16.4. The molecule has 1 aromatic rings. The van der Waals surface area contributed by atoms with Crippen LogP contribution in [0.3, 0.4) is 0 Å². The summed E-state index contributed by atoms with van der Waals surface area (Å²) in [5, 5.41) is 7.23. The van der Waals surface area contributed by atoms with Gasteiger partial charge in [-0.15, -0.1) is 0 Å². The third kappa shape index (κ3) is 4.53. The lowest BCUT2D eigenvalue weighted by Crippen LogP contribution is -2.53. The molecule has 0 unspecified atom stereocenters. The molecule has 3 heterocycles. The van der Waals surface area contributed by atoms with Crippen LogP contribution in [0.5, 0.6) is 0 Å². The zero-order valence-electron chi connectivity index (χ0n) is 13.7. The fourth-order valence-corrected chi connectivity index (χ4v) is 3.15. The Morgan fingerprint density at radius 2 is 2.26 bits per heavy atom. The molecule has 2 aliphatic heterocycles.